The Labute approximate surface area is 105 Å². The van der Waals surface area contributed by atoms with Crippen molar-refractivity contribution in [2.75, 3.05) is 0 Å². The zero-order valence-electron chi connectivity index (χ0n) is 9.64. The molecule has 1 aliphatic carbocycles. The predicted octanol–water partition coefficient (Wildman–Crippen LogP) is 2.84. The number of hydrogen-bond donors (Lipinski definition) is 0. The summed E-state index contributed by atoms with van der Waals surface area (Å²) < 4.78 is 1.48. The van der Waals surface area contributed by atoms with Crippen LogP contribution in [0.1, 0.15) is 32.1 Å². The van der Waals surface area contributed by atoms with Crippen LogP contribution in [0.2, 0.25) is 5.32 Å². The summed E-state index contributed by atoms with van der Waals surface area (Å²) in [4.78, 5) is 4.69. The van der Waals surface area contributed by atoms with Crippen molar-refractivity contribution in [1.82, 2.24) is 0 Å². The molecule has 1 aromatic carbocycles. The van der Waals surface area contributed by atoms with E-state index in [1.54, 1.807) is 0 Å². The van der Waals surface area contributed by atoms with Gasteiger partial charge in [0, 0.05) is 0 Å². The molecule has 0 amide bonds. The van der Waals surface area contributed by atoms with Gasteiger partial charge in [-0.3, -0.25) is 0 Å². The number of aliphatic imine (C=N–C) groups is 1. The molecule has 0 aromatic heterocycles. The van der Waals surface area contributed by atoms with Crippen LogP contribution in [-0.4, -0.2) is 27.2 Å². The van der Waals surface area contributed by atoms with E-state index in [4.69, 9.17) is 0 Å². The Morgan fingerprint density at radius 1 is 1.12 bits per heavy atom. The molecule has 0 radical (unpaired) electrons. The molecule has 1 fully saturated rings. The van der Waals surface area contributed by atoms with Gasteiger partial charge in [0.2, 0.25) is 0 Å². The molecule has 0 heterocycles. The molecule has 0 atom stereocenters. The van der Waals surface area contributed by atoms with Crippen molar-refractivity contribution in [3.05, 3.63) is 30.3 Å². The summed E-state index contributed by atoms with van der Waals surface area (Å²) in [6.45, 7) is 0. The molecule has 2 rings (SSSR count). The Morgan fingerprint density at radius 3 is 2.62 bits per heavy atom. The molecule has 1 aliphatic rings. The standard InChI is InChI=1S/C14H19NSe/c1-3-7-13(8-4-1)15-11-12-16-14-9-5-2-6-10-14/h2,5-6,9-11,13H,1,3-4,7-8,12H2. The van der Waals surface area contributed by atoms with E-state index in [0.717, 1.165) is 5.32 Å². The van der Waals surface area contributed by atoms with Gasteiger partial charge in [-0.05, 0) is 0 Å². The number of rotatable bonds is 4. The van der Waals surface area contributed by atoms with E-state index in [2.05, 4.69) is 41.5 Å². The van der Waals surface area contributed by atoms with Gasteiger partial charge < -0.3 is 0 Å². The van der Waals surface area contributed by atoms with E-state index in [0.29, 0.717) is 21.0 Å². The van der Waals surface area contributed by atoms with Gasteiger partial charge in [-0.1, -0.05) is 0 Å². The third-order valence-electron chi connectivity index (χ3n) is 2.96. The van der Waals surface area contributed by atoms with Crippen molar-refractivity contribution in [1.29, 1.82) is 0 Å². The van der Waals surface area contributed by atoms with Crippen LogP contribution >= 0.6 is 0 Å². The Hall–Kier alpha value is -0.591. The molecule has 1 nitrogen and oxygen atoms in total. The first-order valence-electron chi connectivity index (χ1n) is 6.14. The van der Waals surface area contributed by atoms with Gasteiger partial charge in [-0.2, -0.15) is 0 Å². The summed E-state index contributed by atoms with van der Waals surface area (Å²) in [6, 6.07) is 11.4. The molecule has 0 aliphatic heterocycles. The fourth-order valence-electron chi connectivity index (χ4n) is 2.07. The van der Waals surface area contributed by atoms with Crippen molar-refractivity contribution in [2.24, 2.45) is 4.99 Å². The van der Waals surface area contributed by atoms with E-state index in [1.165, 1.54) is 36.6 Å². The third kappa shape index (κ3) is 4.11. The second-order valence-electron chi connectivity index (χ2n) is 4.25. The Morgan fingerprint density at radius 2 is 1.88 bits per heavy atom. The SMILES string of the molecule is C(C[Se]c1ccccc1)=NC1CCCCC1. The summed E-state index contributed by atoms with van der Waals surface area (Å²) in [5.74, 6) is 0. The molecule has 0 spiro atoms. The van der Waals surface area contributed by atoms with Crippen LogP contribution in [0.3, 0.4) is 0 Å². The molecule has 2 heteroatoms. The van der Waals surface area contributed by atoms with Crippen molar-refractivity contribution in [3.8, 4) is 0 Å². The van der Waals surface area contributed by atoms with Gasteiger partial charge in [0.15, 0.2) is 0 Å². The molecule has 0 saturated heterocycles. The average Bonchev–Trinajstić information content (AvgIpc) is 2.37. The van der Waals surface area contributed by atoms with Gasteiger partial charge in [0.1, 0.15) is 0 Å². The minimum absolute atomic E-state index is 0.569. The summed E-state index contributed by atoms with van der Waals surface area (Å²) in [5.41, 5.74) is 0. The average molecular weight is 280 g/mol. The van der Waals surface area contributed by atoms with E-state index in [1.807, 2.05) is 0 Å². The van der Waals surface area contributed by atoms with Crippen LogP contribution in [0.5, 0.6) is 0 Å². The maximum absolute atomic E-state index is 4.69. The first-order valence-corrected chi connectivity index (χ1v) is 8.21. The van der Waals surface area contributed by atoms with Gasteiger partial charge >= 0.3 is 104 Å². The molecular weight excluding hydrogens is 261 g/mol. The number of benzene rings is 1. The topological polar surface area (TPSA) is 12.4 Å². The van der Waals surface area contributed by atoms with E-state index in [9.17, 15) is 0 Å². The first kappa shape index (κ1) is 11.9. The van der Waals surface area contributed by atoms with E-state index in [-0.39, 0.29) is 0 Å². The van der Waals surface area contributed by atoms with Crippen LogP contribution in [-0.2, 0) is 0 Å². The third-order valence-corrected chi connectivity index (χ3v) is 4.89. The van der Waals surface area contributed by atoms with Gasteiger partial charge in [-0.15, -0.1) is 0 Å². The molecule has 0 unspecified atom stereocenters. The first-order chi connectivity index (χ1) is 7.95. The molecule has 16 heavy (non-hydrogen) atoms. The van der Waals surface area contributed by atoms with Gasteiger partial charge in [0.25, 0.3) is 0 Å². The van der Waals surface area contributed by atoms with Crippen LogP contribution < -0.4 is 4.46 Å². The summed E-state index contributed by atoms with van der Waals surface area (Å²) in [7, 11) is 0. The van der Waals surface area contributed by atoms with Gasteiger partial charge in [0.05, 0.1) is 0 Å². The zero-order chi connectivity index (χ0) is 11.1. The second-order valence-corrected chi connectivity index (χ2v) is 6.54. The van der Waals surface area contributed by atoms with Crippen molar-refractivity contribution in [3.63, 3.8) is 0 Å². The monoisotopic (exact) mass is 281 g/mol. The maximum atomic E-state index is 4.69. The van der Waals surface area contributed by atoms with Crippen LogP contribution in [0.25, 0.3) is 0 Å². The van der Waals surface area contributed by atoms with Crippen LogP contribution in [0, 0.1) is 0 Å². The quantitative estimate of drug-likeness (QED) is 0.594. The minimum atomic E-state index is 0.569. The Bertz CT molecular complexity index is 315. The Kier molecular flexibility index (Phi) is 5.11. The normalized spacial score (nSPS) is 18.0. The Balaban J connectivity index is 1.69. The molecule has 1 saturated carbocycles. The van der Waals surface area contributed by atoms with E-state index < -0.39 is 0 Å². The molecule has 1 aromatic rings. The fourth-order valence-corrected chi connectivity index (χ4v) is 3.55. The van der Waals surface area contributed by atoms with Crippen molar-refractivity contribution >= 4 is 25.6 Å². The summed E-state index contributed by atoms with van der Waals surface area (Å²) in [5, 5.41) is 1.15. The van der Waals surface area contributed by atoms with Crippen molar-refractivity contribution < 1.29 is 0 Å². The summed E-state index contributed by atoms with van der Waals surface area (Å²) >= 11 is 0.569. The van der Waals surface area contributed by atoms with Crippen LogP contribution in [0.15, 0.2) is 35.3 Å². The van der Waals surface area contributed by atoms with Crippen molar-refractivity contribution in [2.45, 2.75) is 43.5 Å². The summed E-state index contributed by atoms with van der Waals surface area (Å²) in [6.07, 6.45) is 8.98. The molecule has 86 valence electrons. The van der Waals surface area contributed by atoms with Crippen LogP contribution in [0.4, 0.5) is 0 Å². The predicted molar refractivity (Wildman–Crippen MR) is 72.0 cm³/mol. The molecule has 0 bridgehead atoms. The number of nitrogens with zero attached hydrogens (tertiary/aromatic N) is 1. The van der Waals surface area contributed by atoms with E-state index >= 15 is 0 Å². The second kappa shape index (κ2) is 6.88. The molecular formula is C14H19NSe. The van der Waals surface area contributed by atoms with Gasteiger partial charge in [-0.25, -0.2) is 0 Å². The zero-order valence-corrected chi connectivity index (χ0v) is 11.4. The number of hydrogen-bond acceptors (Lipinski definition) is 1. The fraction of sp³-hybridized carbons (Fsp3) is 0.500. The molecule has 0 N–H and O–H groups in total.